The Balaban J connectivity index is 2.25. The topological polar surface area (TPSA) is 46.2 Å². The number of thioether (sulfide) groups is 1. The van der Waals surface area contributed by atoms with Gasteiger partial charge in [-0.15, -0.1) is 0 Å². The van der Waals surface area contributed by atoms with Crippen LogP contribution in [0.25, 0.3) is 0 Å². The van der Waals surface area contributed by atoms with Gasteiger partial charge >= 0.3 is 0 Å². The highest BCUT2D eigenvalue weighted by atomic mass is 32.2. The first-order chi connectivity index (χ1) is 6.22. The van der Waals surface area contributed by atoms with Crippen LogP contribution in [0.3, 0.4) is 0 Å². The van der Waals surface area contributed by atoms with Gasteiger partial charge in [0, 0.05) is 12.8 Å². The lowest BCUT2D eigenvalue weighted by Crippen LogP contribution is -2.38. The molecular formula is C9H15NO2S. The Morgan fingerprint density at radius 3 is 2.54 bits per heavy atom. The second-order valence-corrected chi connectivity index (χ2v) is 4.37. The standard InChI is InChI=1S/C9H15NO2S/c1-13-4-2-3-7-5-8(11)10-9(12)6-7/h7H,2-6H2,1H3,(H,10,11,12). The molecule has 0 spiro atoms. The van der Waals surface area contributed by atoms with Gasteiger partial charge in [0.1, 0.15) is 0 Å². The molecule has 0 aromatic carbocycles. The lowest BCUT2D eigenvalue weighted by atomic mass is 9.93. The van der Waals surface area contributed by atoms with Gasteiger partial charge in [-0.3, -0.25) is 14.9 Å². The minimum Gasteiger partial charge on any atom is -0.296 e. The number of imide groups is 1. The van der Waals surface area contributed by atoms with Crippen molar-refractivity contribution in [2.75, 3.05) is 12.0 Å². The maximum atomic E-state index is 11.0. The van der Waals surface area contributed by atoms with E-state index in [0.29, 0.717) is 12.8 Å². The third-order valence-electron chi connectivity index (χ3n) is 2.19. The fraction of sp³-hybridized carbons (Fsp3) is 0.778. The molecule has 1 heterocycles. The average Bonchev–Trinajstić information content (AvgIpc) is 2.03. The summed E-state index contributed by atoms with van der Waals surface area (Å²) in [5, 5.41) is 2.32. The summed E-state index contributed by atoms with van der Waals surface area (Å²) in [6.07, 6.45) is 5.23. The summed E-state index contributed by atoms with van der Waals surface area (Å²) < 4.78 is 0. The van der Waals surface area contributed by atoms with Gasteiger partial charge in [-0.05, 0) is 30.8 Å². The van der Waals surface area contributed by atoms with E-state index in [1.807, 2.05) is 0 Å². The molecule has 0 saturated carbocycles. The molecule has 0 bridgehead atoms. The molecule has 0 atom stereocenters. The highest BCUT2D eigenvalue weighted by molar-refractivity contribution is 7.98. The van der Waals surface area contributed by atoms with Crippen molar-refractivity contribution >= 4 is 23.6 Å². The number of hydrogen-bond acceptors (Lipinski definition) is 3. The van der Waals surface area contributed by atoms with Crippen LogP contribution in [0.1, 0.15) is 25.7 Å². The van der Waals surface area contributed by atoms with E-state index in [9.17, 15) is 9.59 Å². The minimum absolute atomic E-state index is 0.106. The summed E-state index contributed by atoms with van der Waals surface area (Å²) in [5.41, 5.74) is 0. The second kappa shape index (κ2) is 5.27. The van der Waals surface area contributed by atoms with E-state index in [1.54, 1.807) is 11.8 Å². The van der Waals surface area contributed by atoms with Crippen LogP contribution >= 0.6 is 11.8 Å². The van der Waals surface area contributed by atoms with Crippen LogP contribution in [0.4, 0.5) is 0 Å². The van der Waals surface area contributed by atoms with E-state index < -0.39 is 0 Å². The molecule has 0 aromatic rings. The predicted octanol–water partition coefficient (Wildman–Crippen LogP) is 1.18. The minimum atomic E-state index is -0.106. The maximum Gasteiger partial charge on any atom is 0.226 e. The smallest absolute Gasteiger partial charge is 0.226 e. The van der Waals surface area contributed by atoms with Crippen molar-refractivity contribution in [2.24, 2.45) is 5.92 Å². The Hall–Kier alpha value is -0.510. The molecule has 0 radical (unpaired) electrons. The van der Waals surface area contributed by atoms with Gasteiger partial charge in [0.05, 0.1) is 0 Å². The predicted molar refractivity (Wildman–Crippen MR) is 53.5 cm³/mol. The number of nitrogens with one attached hydrogen (secondary N) is 1. The van der Waals surface area contributed by atoms with Crippen molar-refractivity contribution in [1.82, 2.24) is 5.32 Å². The largest absolute Gasteiger partial charge is 0.296 e. The van der Waals surface area contributed by atoms with Crippen molar-refractivity contribution in [3.05, 3.63) is 0 Å². The Bertz CT molecular complexity index is 190. The molecular weight excluding hydrogens is 186 g/mol. The van der Waals surface area contributed by atoms with Gasteiger partial charge in [0.25, 0.3) is 0 Å². The average molecular weight is 201 g/mol. The van der Waals surface area contributed by atoms with Gasteiger partial charge in [0.15, 0.2) is 0 Å². The summed E-state index contributed by atoms with van der Waals surface area (Å²) in [6, 6.07) is 0. The third kappa shape index (κ3) is 3.81. The number of carbonyl (C=O) groups is 2. The van der Waals surface area contributed by atoms with Crippen LogP contribution in [0.15, 0.2) is 0 Å². The van der Waals surface area contributed by atoms with E-state index in [4.69, 9.17) is 0 Å². The van der Waals surface area contributed by atoms with Crippen LogP contribution in [-0.2, 0) is 9.59 Å². The lowest BCUT2D eigenvalue weighted by Gasteiger charge is -2.20. The quantitative estimate of drug-likeness (QED) is 0.549. The summed E-state index contributed by atoms with van der Waals surface area (Å²) in [6.45, 7) is 0. The molecule has 4 heteroatoms. The SMILES string of the molecule is CSCCCC1CC(=O)NC(=O)C1. The molecule has 1 saturated heterocycles. The molecule has 0 aromatic heterocycles. The number of piperidine rings is 1. The van der Waals surface area contributed by atoms with Crippen molar-refractivity contribution in [1.29, 1.82) is 0 Å². The molecule has 1 N–H and O–H groups in total. The number of rotatable bonds is 4. The van der Waals surface area contributed by atoms with E-state index >= 15 is 0 Å². The second-order valence-electron chi connectivity index (χ2n) is 3.38. The van der Waals surface area contributed by atoms with Crippen LogP contribution in [0.5, 0.6) is 0 Å². The van der Waals surface area contributed by atoms with Crippen molar-refractivity contribution in [2.45, 2.75) is 25.7 Å². The molecule has 1 aliphatic heterocycles. The molecule has 74 valence electrons. The summed E-state index contributed by atoms with van der Waals surface area (Å²) in [5.74, 6) is 1.19. The van der Waals surface area contributed by atoms with Gasteiger partial charge in [-0.2, -0.15) is 11.8 Å². The Kier molecular flexibility index (Phi) is 4.28. The Morgan fingerprint density at radius 2 is 2.00 bits per heavy atom. The molecule has 13 heavy (non-hydrogen) atoms. The molecule has 3 nitrogen and oxygen atoms in total. The van der Waals surface area contributed by atoms with Crippen molar-refractivity contribution in [3.8, 4) is 0 Å². The number of hydrogen-bond donors (Lipinski definition) is 1. The molecule has 2 amide bonds. The molecule has 1 aliphatic rings. The fourth-order valence-corrected chi connectivity index (χ4v) is 2.03. The first-order valence-electron chi connectivity index (χ1n) is 4.54. The van der Waals surface area contributed by atoms with Gasteiger partial charge in [0.2, 0.25) is 11.8 Å². The van der Waals surface area contributed by atoms with E-state index in [0.717, 1.165) is 18.6 Å². The van der Waals surface area contributed by atoms with Crippen LogP contribution in [-0.4, -0.2) is 23.8 Å². The third-order valence-corrected chi connectivity index (χ3v) is 2.88. The normalized spacial score (nSPS) is 18.8. The fourth-order valence-electron chi connectivity index (χ4n) is 1.57. The number of amides is 2. The summed E-state index contributed by atoms with van der Waals surface area (Å²) in [4.78, 5) is 22.0. The number of carbonyl (C=O) groups excluding carboxylic acids is 2. The zero-order chi connectivity index (χ0) is 9.68. The summed E-state index contributed by atoms with van der Waals surface area (Å²) >= 11 is 1.81. The van der Waals surface area contributed by atoms with Crippen LogP contribution in [0, 0.1) is 5.92 Å². The van der Waals surface area contributed by atoms with E-state index in [-0.39, 0.29) is 17.7 Å². The van der Waals surface area contributed by atoms with Crippen molar-refractivity contribution in [3.63, 3.8) is 0 Å². The zero-order valence-corrected chi connectivity index (χ0v) is 8.65. The first kappa shape index (κ1) is 10.6. The van der Waals surface area contributed by atoms with Crippen molar-refractivity contribution < 1.29 is 9.59 Å². The van der Waals surface area contributed by atoms with Gasteiger partial charge in [-0.1, -0.05) is 0 Å². The van der Waals surface area contributed by atoms with Crippen LogP contribution < -0.4 is 5.32 Å². The molecule has 0 aliphatic carbocycles. The van der Waals surface area contributed by atoms with Gasteiger partial charge in [-0.25, -0.2) is 0 Å². The highest BCUT2D eigenvalue weighted by Crippen LogP contribution is 2.19. The molecule has 1 rings (SSSR count). The Labute approximate surface area is 82.6 Å². The lowest BCUT2D eigenvalue weighted by molar-refractivity contribution is -0.134. The zero-order valence-electron chi connectivity index (χ0n) is 7.84. The van der Waals surface area contributed by atoms with E-state index in [2.05, 4.69) is 11.6 Å². The monoisotopic (exact) mass is 201 g/mol. The molecule has 0 unspecified atom stereocenters. The summed E-state index contributed by atoms with van der Waals surface area (Å²) in [7, 11) is 0. The van der Waals surface area contributed by atoms with Crippen LogP contribution in [0.2, 0.25) is 0 Å². The first-order valence-corrected chi connectivity index (χ1v) is 5.93. The maximum absolute atomic E-state index is 11.0. The van der Waals surface area contributed by atoms with E-state index in [1.165, 1.54) is 0 Å². The Morgan fingerprint density at radius 1 is 1.38 bits per heavy atom. The molecule has 1 fully saturated rings. The van der Waals surface area contributed by atoms with Gasteiger partial charge < -0.3 is 0 Å². The highest BCUT2D eigenvalue weighted by Gasteiger charge is 2.23.